The fraction of sp³-hybridized carbons (Fsp3) is 0. The third-order valence-electron chi connectivity index (χ3n) is 13.0. The normalized spacial score (nSPS) is 11.8. The molecule has 0 saturated carbocycles. The van der Waals surface area contributed by atoms with Crippen molar-refractivity contribution in [1.29, 1.82) is 0 Å². The van der Waals surface area contributed by atoms with Crippen molar-refractivity contribution in [3.05, 3.63) is 36.4 Å². The van der Waals surface area contributed by atoms with E-state index < -0.39 is 0 Å². The largest absolute Gasteiger partial charge is 0.115 e. The Morgan fingerprint density at radius 3 is 0.773 bits per heavy atom. The summed E-state index contributed by atoms with van der Waals surface area (Å²) < 4.78 is 0. The van der Waals surface area contributed by atoms with Crippen molar-refractivity contribution >= 4 is 347 Å². The quantitative estimate of drug-likeness (QED) is 0.0953. The zero-order valence-electron chi connectivity index (χ0n) is 35.2. The van der Waals surface area contributed by atoms with E-state index in [1.807, 2.05) is 36.4 Å². The lowest BCUT2D eigenvalue weighted by Gasteiger charge is -2.31. The van der Waals surface area contributed by atoms with E-state index in [1.165, 1.54) is 0 Å². The molecule has 0 fully saturated rings. The van der Waals surface area contributed by atoms with Gasteiger partial charge < -0.3 is 0 Å². The first-order chi connectivity index (χ1) is 31.0. The van der Waals surface area contributed by atoms with Gasteiger partial charge in [-0.1, -0.05) is 84.4 Å². The first-order valence-electron chi connectivity index (χ1n) is 19.8. The highest BCUT2D eigenvalue weighted by Gasteiger charge is 2.27. The average Bonchev–Trinajstić information content (AvgIpc) is 3.30. The molecule has 44 radical (unpaired) electrons. The van der Waals surface area contributed by atoms with Crippen LogP contribution in [-0.2, 0) is 0 Å². The molecule has 66 heavy (non-hydrogen) atoms. The molecule has 0 atom stereocenters. The third-order valence-corrected chi connectivity index (χ3v) is 13.0. The molecule has 248 valence electrons. The van der Waals surface area contributed by atoms with E-state index >= 15 is 0 Å². The van der Waals surface area contributed by atoms with Gasteiger partial charge in [0.1, 0.15) is 173 Å². The van der Waals surface area contributed by atoms with E-state index in [0.29, 0.717) is 54.6 Å². The Bertz CT molecular complexity index is 3670. The Balaban J connectivity index is 1.42. The van der Waals surface area contributed by atoms with Crippen molar-refractivity contribution in [3.8, 4) is 33.4 Å². The SMILES string of the molecule is [B]c1c([B])c([B])c(-c2c3c([B])c([B])c([B])c([B])c3c(-c3ccc4cc(-c5c([B])c6c([B])c([B])c([B])c([B])c6c6c([B])c([B])c([B])c([B])c56)ccc4c3)c3c([B])c([B])c([B])c([B])c23)c([B])c1[B]. The molecule has 22 heteroatoms. The molecule has 0 bridgehead atoms. The zero-order chi connectivity index (χ0) is 48.2. The molecule has 0 aliphatic carbocycles. The van der Waals surface area contributed by atoms with Crippen LogP contribution in [0.3, 0.4) is 0 Å². The molecule has 0 amide bonds. The van der Waals surface area contributed by atoms with E-state index in [4.69, 9.17) is 173 Å². The molecule has 0 aliphatic heterocycles. The minimum Gasteiger partial charge on any atom is -0.112 e. The van der Waals surface area contributed by atoms with E-state index in [1.54, 1.807) is 0 Å². The average molecular weight is 772 g/mol. The Hall–Kier alpha value is -4.29. The van der Waals surface area contributed by atoms with Gasteiger partial charge >= 0.3 is 0 Å². The highest BCUT2D eigenvalue weighted by Crippen LogP contribution is 2.41. The minimum absolute atomic E-state index is 0.00393. The molecule has 0 aromatic heterocycles. The Morgan fingerprint density at radius 2 is 0.409 bits per heavy atom. The van der Waals surface area contributed by atoms with E-state index in [0.717, 1.165) is 0 Å². The molecule has 0 N–H and O–H groups in total. The Labute approximate surface area is 413 Å². The number of hydrogen-bond acceptors (Lipinski definition) is 0. The van der Waals surface area contributed by atoms with Gasteiger partial charge in [0.25, 0.3) is 0 Å². The van der Waals surface area contributed by atoms with Gasteiger partial charge in [0.15, 0.2) is 0 Å². The summed E-state index contributed by atoms with van der Waals surface area (Å²) in [5, 5.41) is 3.79. The molecule has 9 rings (SSSR count). The van der Waals surface area contributed by atoms with Crippen molar-refractivity contribution in [2.24, 2.45) is 0 Å². The summed E-state index contributed by atoms with van der Waals surface area (Å²) in [6.07, 6.45) is 0. The van der Waals surface area contributed by atoms with Crippen LogP contribution in [-0.4, -0.2) is 173 Å². The van der Waals surface area contributed by atoms with Crippen molar-refractivity contribution in [2.75, 3.05) is 0 Å². The lowest BCUT2D eigenvalue weighted by Crippen LogP contribution is -2.55. The zero-order valence-corrected chi connectivity index (χ0v) is 35.2. The van der Waals surface area contributed by atoms with Gasteiger partial charge in [0, 0.05) is 0 Å². The lowest BCUT2D eigenvalue weighted by molar-refractivity contribution is 1.72. The van der Waals surface area contributed by atoms with Crippen molar-refractivity contribution in [2.45, 2.75) is 0 Å². The fourth-order valence-electron chi connectivity index (χ4n) is 9.44. The molecular formula is C44H6B22. The highest BCUT2D eigenvalue weighted by molar-refractivity contribution is 6.76. The van der Waals surface area contributed by atoms with Gasteiger partial charge in [0.05, 0.1) is 0 Å². The predicted molar refractivity (Wildman–Crippen MR) is 309 cm³/mol. The van der Waals surface area contributed by atoms with Crippen molar-refractivity contribution in [1.82, 2.24) is 0 Å². The third kappa shape index (κ3) is 6.23. The molecule has 0 aliphatic rings. The summed E-state index contributed by atoms with van der Waals surface area (Å²) in [7, 11) is 146. The maximum Gasteiger partial charge on any atom is 0.115 e. The van der Waals surface area contributed by atoms with Crippen molar-refractivity contribution < 1.29 is 0 Å². The van der Waals surface area contributed by atoms with Crippen LogP contribution in [0.5, 0.6) is 0 Å². The maximum atomic E-state index is 7.04. The molecule has 0 nitrogen and oxygen atoms in total. The van der Waals surface area contributed by atoms with E-state index in [2.05, 4.69) is 0 Å². The summed E-state index contributed by atoms with van der Waals surface area (Å²) >= 11 is 0. The van der Waals surface area contributed by atoms with Crippen LogP contribution in [0.4, 0.5) is 0 Å². The second-order valence-corrected chi connectivity index (χ2v) is 16.4. The van der Waals surface area contributed by atoms with Crippen LogP contribution >= 0.6 is 0 Å². The van der Waals surface area contributed by atoms with Gasteiger partial charge in [-0.25, -0.2) is 0 Å². The van der Waals surface area contributed by atoms with Gasteiger partial charge in [-0.2, -0.15) is 0 Å². The predicted octanol–water partition coefficient (Wildman–Crippen LogP) is -14.1. The topological polar surface area (TPSA) is 0 Å². The van der Waals surface area contributed by atoms with Crippen LogP contribution in [0.1, 0.15) is 0 Å². The maximum absolute atomic E-state index is 7.04. The summed E-state index contributed by atoms with van der Waals surface area (Å²) in [5.41, 5.74) is 2.68. The minimum atomic E-state index is -0.0560. The van der Waals surface area contributed by atoms with Gasteiger partial charge in [-0.3, -0.25) is 0 Å². The van der Waals surface area contributed by atoms with Crippen LogP contribution in [0.25, 0.3) is 87.2 Å². The molecule has 0 spiro atoms. The van der Waals surface area contributed by atoms with E-state index in [9.17, 15) is 0 Å². The van der Waals surface area contributed by atoms with Gasteiger partial charge in [-0.05, 0) is 99.4 Å². The van der Waals surface area contributed by atoms with E-state index in [-0.39, 0.29) is 153 Å². The van der Waals surface area contributed by atoms with Gasteiger partial charge in [-0.15, -0.1) is 60.1 Å². The molecule has 0 heterocycles. The number of benzene rings is 9. The smallest absolute Gasteiger partial charge is 0.112 e. The number of fused-ring (bicyclic) bond motifs is 6. The molecule has 0 unspecified atom stereocenters. The molecule has 9 aromatic rings. The number of hydrogen-bond donors (Lipinski definition) is 0. The summed E-state index contributed by atoms with van der Waals surface area (Å²) in [5.74, 6) is 0. The highest BCUT2D eigenvalue weighted by atomic mass is 14.3. The second-order valence-electron chi connectivity index (χ2n) is 16.4. The van der Waals surface area contributed by atoms with Gasteiger partial charge in [0.2, 0.25) is 0 Å². The first kappa shape index (κ1) is 46.8. The van der Waals surface area contributed by atoms with Crippen LogP contribution < -0.4 is 120 Å². The molecular weight excluding hydrogens is 766 g/mol. The summed E-state index contributed by atoms with van der Waals surface area (Å²) in [6.45, 7) is 0. The first-order valence-corrected chi connectivity index (χ1v) is 19.8. The standard InChI is InChI=1S/C44H6B22/c45-23-12(16-19(29(51)39(61)36(58)26(16)48)20-22(23)33(55)41(63)40(62)30(20)52)10-4-2-7-5-9(3-1-8(7)6-10)11-14-17(27(49)37(59)34(56)24(14)46)13(18-15(11)25(47)35(57)38(60)28(18)50)21-31(53)42(64)44(66)43(65)32(21)54/h1-6H. The Kier molecular flexibility index (Phi) is 11.5. The summed E-state index contributed by atoms with van der Waals surface area (Å²) in [4.78, 5) is 0. The summed E-state index contributed by atoms with van der Waals surface area (Å²) in [6, 6.07) is 11.1. The fourth-order valence-corrected chi connectivity index (χ4v) is 9.44. The molecule has 0 saturated heterocycles. The molecule has 9 aromatic carbocycles. The number of rotatable bonds is 3. The van der Waals surface area contributed by atoms with Crippen LogP contribution in [0.15, 0.2) is 36.4 Å². The lowest BCUT2D eigenvalue weighted by atomic mass is 9.56. The van der Waals surface area contributed by atoms with Crippen molar-refractivity contribution in [3.63, 3.8) is 0 Å². The van der Waals surface area contributed by atoms with Crippen LogP contribution in [0, 0.1) is 0 Å². The second kappa shape index (κ2) is 16.2. The monoisotopic (exact) mass is 776 g/mol. The Morgan fingerprint density at radius 1 is 0.167 bits per heavy atom. The van der Waals surface area contributed by atoms with Crippen LogP contribution in [0.2, 0.25) is 0 Å².